The Bertz CT molecular complexity index is 728. The first-order valence-corrected chi connectivity index (χ1v) is 6.97. The average Bonchev–Trinajstić information content (AvgIpc) is 2.83. The summed E-state index contributed by atoms with van der Waals surface area (Å²) < 4.78 is 0. The molecule has 0 nitrogen and oxygen atoms in total. The minimum atomic E-state index is 1.22. The minimum Gasteiger partial charge on any atom is -0.126 e. The van der Waals surface area contributed by atoms with Gasteiger partial charge in [0.2, 0.25) is 0 Å². The maximum Gasteiger partial charge on any atom is 0.0111 e. The van der Waals surface area contributed by atoms with Crippen molar-refractivity contribution in [2.24, 2.45) is 0 Å². The molecule has 0 aliphatic carbocycles. The van der Waals surface area contributed by atoms with Crippen LogP contribution in [0, 0.1) is 0 Å². The summed E-state index contributed by atoms with van der Waals surface area (Å²) in [5.41, 5.74) is 1.53. The molecule has 17 heavy (non-hydrogen) atoms. The highest BCUT2D eigenvalue weighted by Crippen LogP contribution is 2.36. The molecule has 1 aliphatic rings. The highest BCUT2D eigenvalue weighted by atomic mass is 32.2. The molecular weight excluding hydrogens is 224 g/mol. The van der Waals surface area contributed by atoms with Gasteiger partial charge in [-0.05, 0) is 45.7 Å². The van der Waals surface area contributed by atoms with Crippen molar-refractivity contribution in [3.05, 3.63) is 54.1 Å². The Balaban J connectivity index is 2.19. The van der Waals surface area contributed by atoms with E-state index in [1.165, 1.54) is 44.2 Å². The first-order valence-electron chi connectivity index (χ1n) is 5.99. The molecule has 0 N–H and O–H groups in total. The lowest BCUT2D eigenvalue weighted by molar-refractivity contribution is 1.16. The maximum absolute atomic E-state index is 2.40. The van der Waals surface area contributed by atoms with Crippen LogP contribution >= 0.6 is 11.8 Å². The second kappa shape index (κ2) is 3.51. The fourth-order valence-electron chi connectivity index (χ4n) is 2.68. The van der Waals surface area contributed by atoms with E-state index in [1.54, 1.807) is 0 Å². The number of aryl methyl sites for hydroxylation is 1. The van der Waals surface area contributed by atoms with Crippen LogP contribution < -0.4 is 0 Å². The van der Waals surface area contributed by atoms with Crippen molar-refractivity contribution in [1.29, 1.82) is 0 Å². The lowest BCUT2D eigenvalue weighted by Gasteiger charge is -2.06. The maximum atomic E-state index is 2.40. The van der Waals surface area contributed by atoms with Crippen LogP contribution in [0.25, 0.3) is 21.5 Å². The Labute approximate surface area is 105 Å². The van der Waals surface area contributed by atoms with Gasteiger partial charge in [-0.2, -0.15) is 0 Å². The van der Waals surface area contributed by atoms with Gasteiger partial charge in [0.25, 0.3) is 0 Å². The Kier molecular flexibility index (Phi) is 1.97. The van der Waals surface area contributed by atoms with Gasteiger partial charge in [-0.25, -0.2) is 0 Å². The summed E-state index contributed by atoms with van der Waals surface area (Å²) in [5, 5.41) is 5.50. The van der Waals surface area contributed by atoms with Crippen LogP contribution in [0.15, 0.2) is 53.4 Å². The van der Waals surface area contributed by atoms with E-state index in [0.717, 1.165) is 0 Å². The van der Waals surface area contributed by atoms with E-state index in [0.29, 0.717) is 0 Å². The van der Waals surface area contributed by atoms with E-state index in [9.17, 15) is 0 Å². The van der Waals surface area contributed by atoms with E-state index in [-0.39, 0.29) is 0 Å². The highest BCUT2D eigenvalue weighted by Gasteiger charge is 2.12. The first-order chi connectivity index (χ1) is 8.42. The molecule has 0 saturated heterocycles. The van der Waals surface area contributed by atoms with Gasteiger partial charge in [0.1, 0.15) is 0 Å². The molecule has 0 aromatic heterocycles. The molecule has 0 amide bonds. The Hall–Kier alpha value is -1.47. The van der Waals surface area contributed by atoms with Crippen LogP contribution in [0.1, 0.15) is 5.56 Å². The SMILES string of the molecule is c1ccc2c(c1)ccc1cc3c(cc12)CCS3. The zero-order chi connectivity index (χ0) is 11.2. The molecule has 1 heterocycles. The summed E-state index contributed by atoms with van der Waals surface area (Å²) in [7, 11) is 0. The van der Waals surface area contributed by atoms with E-state index >= 15 is 0 Å². The predicted octanol–water partition coefficient (Wildman–Crippen LogP) is 4.64. The molecule has 82 valence electrons. The van der Waals surface area contributed by atoms with Gasteiger partial charge < -0.3 is 0 Å². The smallest absolute Gasteiger partial charge is 0.0111 e. The van der Waals surface area contributed by atoms with Crippen LogP contribution in [0.3, 0.4) is 0 Å². The fraction of sp³-hybridized carbons (Fsp3) is 0.125. The first kappa shape index (κ1) is 9.55. The van der Waals surface area contributed by atoms with Crippen LogP contribution in [0.2, 0.25) is 0 Å². The molecule has 3 aromatic rings. The Morgan fingerprint density at radius 1 is 0.824 bits per heavy atom. The van der Waals surface area contributed by atoms with Gasteiger partial charge in [-0.1, -0.05) is 36.4 Å². The minimum absolute atomic E-state index is 1.22. The molecule has 0 bridgehead atoms. The van der Waals surface area contributed by atoms with Gasteiger partial charge in [0.15, 0.2) is 0 Å². The van der Waals surface area contributed by atoms with E-state index < -0.39 is 0 Å². The van der Waals surface area contributed by atoms with Gasteiger partial charge in [-0.3, -0.25) is 0 Å². The molecule has 3 aromatic carbocycles. The van der Waals surface area contributed by atoms with Crippen molar-refractivity contribution in [3.8, 4) is 0 Å². The third-order valence-electron chi connectivity index (χ3n) is 3.56. The third kappa shape index (κ3) is 1.39. The topological polar surface area (TPSA) is 0 Å². The average molecular weight is 236 g/mol. The Morgan fingerprint density at radius 2 is 1.71 bits per heavy atom. The van der Waals surface area contributed by atoms with Crippen molar-refractivity contribution in [1.82, 2.24) is 0 Å². The number of fused-ring (bicyclic) bond motifs is 4. The molecular formula is C16H12S. The molecule has 0 atom stereocenters. The standard InChI is InChI=1S/C16H12S/c1-2-4-14-11(3-1)5-6-12-10-16-13(7-8-17-16)9-15(12)14/h1-6,9-10H,7-8H2. The predicted molar refractivity (Wildman–Crippen MR) is 75.9 cm³/mol. The van der Waals surface area contributed by atoms with Gasteiger partial charge in [-0.15, -0.1) is 11.8 Å². The molecule has 0 unspecified atom stereocenters. The monoisotopic (exact) mass is 236 g/mol. The number of rotatable bonds is 0. The van der Waals surface area contributed by atoms with Crippen molar-refractivity contribution < 1.29 is 0 Å². The van der Waals surface area contributed by atoms with Gasteiger partial charge >= 0.3 is 0 Å². The Morgan fingerprint density at radius 3 is 2.71 bits per heavy atom. The summed E-state index contributed by atoms with van der Waals surface area (Å²) in [4.78, 5) is 1.48. The summed E-state index contributed by atoms with van der Waals surface area (Å²) in [6, 6.07) is 17.9. The molecule has 0 spiro atoms. The van der Waals surface area contributed by atoms with Gasteiger partial charge in [0.05, 0.1) is 0 Å². The summed E-state index contributed by atoms with van der Waals surface area (Å²) in [6.45, 7) is 0. The lowest BCUT2D eigenvalue weighted by atomic mass is 9.99. The lowest BCUT2D eigenvalue weighted by Crippen LogP contribution is -1.83. The summed E-state index contributed by atoms with van der Waals surface area (Å²) >= 11 is 1.99. The van der Waals surface area contributed by atoms with Crippen molar-refractivity contribution in [3.63, 3.8) is 0 Å². The zero-order valence-corrected chi connectivity index (χ0v) is 10.3. The summed E-state index contributed by atoms with van der Waals surface area (Å²) in [5.74, 6) is 1.24. The number of hydrogen-bond donors (Lipinski definition) is 0. The van der Waals surface area contributed by atoms with E-state index in [2.05, 4.69) is 48.5 Å². The molecule has 0 radical (unpaired) electrons. The normalized spacial score (nSPS) is 14.4. The molecule has 0 saturated carbocycles. The van der Waals surface area contributed by atoms with Crippen molar-refractivity contribution in [2.45, 2.75) is 11.3 Å². The largest absolute Gasteiger partial charge is 0.126 e. The van der Waals surface area contributed by atoms with Crippen LogP contribution in [-0.4, -0.2) is 5.75 Å². The number of benzene rings is 3. The van der Waals surface area contributed by atoms with Crippen LogP contribution in [-0.2, 0) is 6.42 Å². The van der Waals surface area contributed by atoms with Gasteiger partial charge in [0, 0.05) is 10.6 Å². The van der Waals surface area contributed by atoms with E-state index in [1.807, 2.05) is 11.8 Å². The zero-order valence-electron chi connectivity index (χ0n) is 9.44. The molecule has 0 fully saturated rings. The van der Waals surface area contributed by atoms with Crippen LogP contribution in [0.4, 0.5) is 0 Å². The number of hydrogen-bond acceptors (Lipinski definition) is 1. The van der Waals surface area contributed by atoms with Crippen molar-refractivity contribution in [2.75, 3.05) is 5.75 Å². The molecule has 1 aliphatic heterocycles. The second-order valence-corrected chi connectivity index (χ2v) is 5.70. The van der Waals surface area contributed by atoms with E-state index in [4.69, 9.17) is 0 Å². The molecule has 4 rings (SSSR count). The van der Waals surface area contributed by atoms with Crippen LogP contribution in [0.5, 0.6) is 0 Å². The molecule has 1 heteroatoms. The fourth-order valence-corrected chi connectivity index (χ4v) is 3.78. The third-order valence-corrected chi connectivity index (χ3v) is 4.65. The summed E-state index contributed by atoms with van der Waals surface area (Å²) in [6.07, 6.45) is 1.22. The van der Waals surface area contributed by atoms with Crippen molar-refractivity contribution >= 4 is 33.3 Å². The second-order valence-electron chi connectivity index (χ2n) is 4.57. The quantitative estimate of drug-likeness (QED) is 0.512. The highest BCUT2D eigenvalue weighted by molar-refractivity contribution is 7.99. The number of thioether (sulfide) groups is 1.